The first-order valence-electron chi connectivity index (χ1n) is 4.93. The summed E-state index contributed by atoms with van der Waals surface area (Å²) in [4.78, 5) is 10.5. The van der Waals surface area contributed by atoms with Gasteiger partial charge in [-0.1, -0.05) is 0 Å². The summed E-state index contributed by atoms with van der Waals surface area (Å²) < 4.78 is 6.59. The maximum atomic E-state index is 10.9. The molecule has 0 bridgehead atoms. The lowest BCUT2D eigenvalue weighted by Gasteiger charge is -2.08. The lowest BCUT2D eigenvalue weighted by atomic mass is 10.2. The molecule has 1 aromatic carbocycles. The molecule has 0 unspecified atom stereocenters. The molecule has 17 heavy (non-hydrogen) atoms. The molecule has 6 heteroatoms. The maximum Gasteiger partial charge on any atom is 0.297 e. The number of rotatable bonds is 4. The number of hydrogen-bond acceptors (Lipinski definition) is 4. The number of nitro benzene ring substituents is 1. The molecule has 2 aromatic rings. The van der Waals surface area contributed by atoms with Crippen molar-refractivity contribution in [1.82, 2.24) is 4.68 Å². The monoisotopic (exact) mass is 233 g/mol. The van der Waals surface area contributed by atoms with Gasteiger partial charge in [0, 0.05) is 12.4 Å². The van der Waals surface area contributed by atoms with Crippen molar-refractivity contribution < 1.29 is 9.66 Å². The zero-order valence-corrected chi connectivity index (χ0v) is 9.16. The Bertz CT molecular complexity index is 523. The largest absolute Gasteiger partial charge is 0.496 e. The highest BCUT2D eigenvalue weighted by molar-refractivity contribution is 5.63. The van der Waals surface area contributed by atoms with Gasteiger partial charge in [-0.2, -0.15) is 0 Å². The van der Waals surface area contributed by atoms with Gasteiger partial charge in [0.05, 0.1) is 18.1 Å². The van der Waals surface area contributed by atoms with Crippen LogP contribution < -0.4 is 10.2 Å². The van der Waals surface area contributed by atoms with Crippen molar-refractivity contribution in [2.24, 2.45) is 0 Å². The maximum absolute atomic E-state index is 10.9. The summed E-state index contributed by atoms with van der Waals surface area (Å²) in [7, 11) is 1.47. The van der Waals surface area contributed by atoms with Gasteiger partial charge in [0.2, 0.25) is 0 Å². The number of ether oxygens (including phenoxy) is 1. The molecule has 0 atom stereocenters. The Morgan fingerprint density at radius 2 is 2.06 bits per heavy atom. The standard InChI is InChI=1S/C11H11N3O3/c1-17-9-4-5-10(11(8-9)14(15)16)12-13-6-2-3-7-13/h2-8,12H,1H3. The second-order valence-electron chi connectivity index (χ2n) is 3.34. The second-order valence-corrected chi connectivity index (χ2v) is 3.34. The summed E-state index contributed by atoms with van der Waals surface area (Å²) in [6.45, 7) is 0. The number of anilines is 1. The van der Waals surface area contributed by atoms with Crippen LogP contribution in [-0.2, 0) is 0 Å². The lowest BCUT2D eigenvalue weighted by Crippen LogP contribution is -2.07. The fraction of sp³-hybridized carbons (Fsp3) is 0.0909. The predicted molar refractivity (Wildman–Crippen MR) is 63.1 cm³/mol. The minimum absolute atomic E-state index is 0.0296. The first-order valence-corrected chi connectivity index (χ1v) is 4.93. The van der Waals surface area contributed by atoms with Crippen molar-refractivity contribution in [2.75, 3.05) is 12.5 Å². The van der Waals surface area contributed by atoms with Crippen LogP contribution >= 0.6 is 0 Å². The quantitative estimate of drug-likeness (QED) is 0.649. The third-order valence-electron chi connectivity index (χ3n) is 2.26. The molecular weight excluding hydrogens is 222 g/mol. The fourth-order valence-electron chi connectivity index (χ4n) is 1.43. The fourth-order valence-corrected chi connectivity index (χ4v) is 1.43. The van der Waals surface area contributed by atoms with Gasteiger partial charge >= 0.3 is 0 Å². The molecule has 6 nitrogen and oxygen atoms in total. The molecule has 1 N–H and O–H groups in total. The van der Waals surface area contributed by atoms with Crippen LogP contribution in [0.3, 0.4) is 0 Å². The lowest BCUT2D eigenvalue weighted by molar-refractivity contribution is -0.384. The Morgan fingerprint density at radius 3 is 2.65 bits per heavy atom. The number of aromatic nitrogens is 1. The summed E-state index contributed by atoms with van der Waals surface area (Å²) in [5.41, 5.74) is 3.28. The Morgan fingerprint density at radius 1 is 1.35 bits per heavy atom. The van der Waals surface area contributed by atoms with E-state index in [1.54, 1.807) is 29.2 Å². The highest BCUT2D eigenvalue weighted by Gasteiger charge is 2.14. The molecule has 1 heterocycles. The van der Waals surface area contributed by atoms with Gasteiger partial charge in [-0.15, -0.1) is 0 Å². The molecule has 0 amide bonds. The van der Waals surface area contributed by atoms with E-state index in [2.05, 4.69) is 5.43 Å². The third-order valence-corrected chi connectivity index (χ3v) is 2.26. The molecule has 88 valence electrons. The van der Waals surface area contributed by atoms with Gasteiger partial charge in [-0.05, 0) is 24.3 Å². The topological polar surface area (TPSA) is 69.3 Å². The van der Waals surface area contributed by atoms with Crippen molar-refractivity contribution in [2.45, 2.75) is 0 Å². The normalized spacial score (nSPS) is 9.94. The molecule has 0 saturated heterocycles. The first kappa shape index (κ1) is 11.0. The highest BCUT2D eigenvalue weighted by Crippen LogP contribution is 2.28. The van der Waals surface area contributed by atoms with E-state index in [4.69, 9.17) is 4.74 Å². The zero-order chi connectivity index (χ0) is 12.3. The van der Waals surface area contributed by atoms with Gasteiger partial charge < -0.3 is 4.74 Å². The van der Waals surface area contributed by atoms with Crippen LogP contribution in [0.15, 0.2) is 42.7 Å². The third kappa shape index (κ3) is 2.36. The molecule has 0 aliphatic heterocycles. The SMILES string of the molecule is COc1ccc(Nn2cccc2)c([N+](=O)[O-])c1. The van der Waals surface area contributed by atoms with Crippen LogP contribution in [0.4, 0.5) is 11.4 Å². The van der Waals surface area contributed by atoms with E-state index in [9.17, 15) is 10.1 Å². The summed E-state index contributed by atoms with van der Waals surface area (Å²) in [6, 6.07) is 8.30. The van der Waals surface area contributed by atoms with Crippen LogP contribution in [0.5, 0.6) is 5.75 Å². The Labute approximate surface area is 97.6 Å². The van der Waals surface area contributed by atoms with Crippen LogP contribution in [-0.4, -0.2) is 16.7 Å². The molecular formula is C11H11N3O3. The van der Waals surface area contributed by atoms with Crippen LogP contribution in [0.2, 0.25) is 0 Å². The highest BCUT2D eigenvalue weighted by atomic mass is 16.6. The summed E-state index contributed by atoms with van der Waals surface area (Å²) in [5, 5.41) is 10.9. The minimum atomic E-state index is -0.450. The number of benzene rings is 1. The van der Waals surface area contributed by atoms with E-state index in [-0.39, 0.29) is 5.69 Å². The Kier molecular flexibility index (Phi) is 2.95. The Hall–Kier alpha value is -2.50. The molecule has 1 aromatic heterocycles. The molecule has 0 spiro atoms. The minimum Gasteiger partial charge on any atom is -0.496 e. The predicted octanol–water partition coefficient (Wildman–Crippen LogP) is 2.28. The van der Waals surface area contributed by atoms with Gasteiger partial charge in [0.25, 0.3) is 5.69 Å². The summed E-state index contributed by atoms with van der Waals surface area (Å²) in [6.07, 6.45) is 3.52. The average molecular weight is 233 g/mol. The molecule has 0 aliphatic rings. The van der Waals surface area contributed by atoms with Gasteiger partial charge in [0.15, 0.2) is 0 Å². The van der Waals surface area contributed by atoms with Crippen molar-refractivity contribution in [3.63, 3.8) is 0 Å². The number of nitro groups is 1. The average Bonchev–Trinajstić information content (AvgIpc) is 2.82. The van der Waals surface area contributed by atoms with Crippen LogP contribution in [0.25, 0.3) is 0 Å². The smallest absolute Gasteiger partial charge is 0.297 e. The van der Waals surface area contributed by atoms with Crippen molar-refractivity contribution in [3.05, 3.63) is 52.8 Å². The van der Waals surface area contributed by atoms with E-state index < -0.39 is 4.92 Å². The first-order chi connectivity index (χ1) is 8.20. The van der Waals surface area contributed by atoms with Crippen molar-refractivity contribution >= 4 is 11.4 Å². The van der Waals surface area contributed by atoms with Crippen molar-refractivity contribution in [3.8, 4) is 5.75 Å². The van der Waals surface area contributed by atoms with E-state index in [0.717, 1.165) is 0 Å². The van der Waals surface area contributed by atoms with E-state index >= 15 is 0 Å². The van der Waals surface area contributed by atoms with Crippen LogP contribution in [0, 0.1) is 10.1 Å². The molecule has 0 radical (unpaired) electrons. The summed E-state index contributed by atoms with van der Waals surface area (Å²) >= 11 is 0. The zero-order valence-electron chi connectivity index (χ0n) is 9.16. The molecule has 0 saturated carbocycles. The molecule has 2 rings (SSSR count). The summed E-state index contributed by atoms with van der Waals surface area (Å²) in [5.74, 6) is 0.453. The van der Waals surface area contributed by atoms with Gasteiger partial charge in [-0.25, -0.2) is 0 Å². The second kappa shape index (κ2) is 4.56. The van der Waals surface area contributed by atoms with E-state index in [1.165, 1.54) is 13.2 Å². The van der Waals surface area contributed by atoms with Gasteiger partial charge in [-0.3, -0.25) is 20.2 Å². The van der Waals surface area contributed by atoms with E-state index in [1.807, 2.05) is 12.1 Å². The van der Waals surface area contributed by atoms with E-state index in [0.29, 0.717) is 11.4 Å². The molecule has 0 aliphatic carbocycles. The number of nitrogens with zero attached hydrogens (tertiary/aromatic N) is 2. The van der Waals surface area contributed by atoms with Crippen molar-refractivity contribution in [1.29, 1.82) is 0 Å². The molecule has 0 fully saturated rings. The number of methoxy groups -OCH3 is 1. The number of nitrogens with one attached hydrogen (secondary N) is 1. The number of hydrogen-bond donors (Lipinski definition) is 1. The Balaban J connectivity index is 2.36. The van der Waals surface area contributed by atoms with Gasteiger partial charge in [0.1, 0.15) is 11.4 Å². The van der Waals surface area contributed by atoms with Crippen LogP contribution in [0.1, 0.15) is 0 Å².